The Balaban J connectivity index is 1.45. The standard InChI is InChI=1S/C28H24N4O4S/c1-3-36-27(35)18-12-14-19(15-13-18)29-23(33)16-37-28-31-24-20-9-5-6-10-21(20)30-25(24)26(34)32(28)22-11-7-4-8-17(22)2/h4-15,30H,3,16H2,1-2H3,(H,29,33). The third kappa shape index (κ3) is 4.85. The van der Waals surface area contributed by atoms with Crippen LogP contribution in [0.25, 0.3) is 27.6 Å². The topological polar surface area (TPSA) is 106 Å². The minimum Gasteiger partial charge on any atom is -0.462 e. The van der Waals surface area contributed by atoms with Gasteiger partial charge in [0.05, 0.1) is 23.6 Å². The number of rotatable bonds is 7. The van der Waals surface area contributed by atoms with Gasteiger partial charge in [0.2, 0.25) is 5.91 Å². The van der Waals surface area contributed by atoms with Crippen LogP contribution in [0.2, 0.25) is 0 Å². The summed E-state index contributed by atoms with van der Waals surface area (Å²) in [7, 11) is 0. The van der Waals surface area contributed by atoms with Crippen molar-refractivity contribution in [3.05, 3.63) is 94.3 Å². The fourth-order valence-corrected chi connectivity index (χ4v) is 4.90. The van der Waals surface area contributed by atoms with Gasteiger partial charge < -0.3 is 15.0 Å². The minimum atomic E-state index is -0.413. The molecular formula is C28H24N4O4S. The molecule has 8 nitrogen and oxygen atoms in total. The Hall–Kier alpha value is -4.37. The average Bonchev–Trinajstić information content (AvgIpc) is 3.28. The van der Waals surface area contributed by atoms with E-state index in [1.54, 1.807) is 35.8 Å². The first-order valence-corrected chi connectivity index (χ1v) is 12.7. The molecule has 0 saturated heterocycles. The highest BCUT2D eigenvalue weighted by atomic mass is 32.2. The Bertz CT molecular complexity index is 1690. The molecule has 0 aliphatic carbocycles. The van der Waals surface area contributed by atoms with Crippen molar-refractivity contribution in [3.63, 3.8) is 0 Å². The van der Waals surface area contributed by atoms with Crippen molar-refractivity contribution in [1.29, 1.82) is 0 Å². The van der Waals surface area contributed by atoms with Crippen molar-refractivity contribution in [2.24, 2.45) is 0 Å². The van der Waals surface area contributed by atoms with Gasteiger partial charge in [-0.1, -0.05) is 48.2 Å². The van der Waals surface area contributed by atoms with Gasteiger partial charge in [0, 0.05) is 16.6 Å². The quantitative estimate of drug-likeness (QED) is 0.179. The molecule has 1 amide bonds. The largest absolute Gasteiger partial charge is 0.462 e. The molecule has 5 aromatic rings. The SMILES string of the molecule is CCOC(=O)c1ccc(NC(=O)CSc2nc3c([nH]c4ccccc43)c(=O)n2-c2ccccc2C)cc1. The van der Waals surface area contributed by atoms with E-state index in [9.17, 15) is 14.4 Å². The summed E-state index contributed by atoms with van der Waals surface area (Å²) in [6.07, 6.45) is 0. The second-order valence-electron chi connectivity index (χ2n) is 8.35. The fourth-order valence-electron chi connectivity index (χ4n) is 4.10. The molecule has 0 saturated carbocycles. The number of esters is 1. The Morgan fingerprint density at radius 1 is 1.03 bits per heavy atom. The molecule has 0 aliphatic heterocycles. The number of carbonyl (C=O) groups excluding carboxylic acids is 2. The maximum Gasteiger partial charge on any atom is 0.338 e. The third-order valence-electron chi connectivity index (χ3n) is 5.86. The highest BCUT2D eigenvalue weighted by Crippen LogP contribution is 2.27. The van der Waals surface area contributed by atoms with Crippen LogP contribution in [0.3, 0.4) is 0 Å². The Kier molecular flexibility index (Phi) is 6.78. The van der Waals surface area contributed by atoms with Crippen molar-refractivity contribution < 1.29 is 14.3 Å². The van der Waals surface area contributed by atoms with E-state index in [0.717, 1.165) is 16.5 Å². The van der Waals surface area contributed by atoms with Crippen LogP contribution in [0.5, 0.6) is 0 Å². The zero-order valence-corrected chi connectivity index (χ0v) is 21.1. The summed E-state index contributed by atoms with van der Waals surface area (Å²) in [5.41, 5.74) is 4.16. The van der Waals surface area contributed by atoms with Gasteiger partial charge in [0.25, 0.3) is 5.56 Å². The first-order chi connectivity index (χ1) is 18.0. The van der Waals surface area contributed by atoms with E-state index in [4.69, 9.17) is 9.72 Å². The molecule has 3 aromatic carbocycles. The maximum atomic E-state index is 13.7. The maximum absolute atomic E-state index is 13.7. The van der Waals surface area contributed by atoms with Crippen LogP contribution in [0.4, 0.5) is 5.69 Å². The van der Waals surface area contributed by atoms with E-state index in [1.807, 2.05) is 55.5 Å². The van der Waals surface area contributed by atoms with Gasteiger partial charge in [-0.3, -0.25) is 14.2 Å². The lowest BCUT2D eigenvalue weighted by Gasteiger charge is -2.14. The van der Waals surface area contributed by atoms with Crippen LogP contribution in [-0.2, 0) is 9.53 Å². The number of benzene rings is 3. The second-order valence-corrected chi connectivity index (χ2v) is 9.29. The molecule has 0 unspecified atom stereocenters. The minimum absolute atomic E-state index is 0.0335. The zero-order chi connectivity index (χ0) is 25.9. The number of para-hydroxylation sites is 2. The fraction of sp³-hybridized carbons (Fsp3) is 0.143. The average molecular weight is 513 g/mol. The van der Waals surface area contributed by atoms with Crippen molar-refractivity contribution >= 4 is 51.3 Å². The molecule has 0 aliphatic rings. The molecule has 186 valence electrons. The Morgan fingerprint density at radius 3 is 2.51 bits per heavy atom. The van der Waals surface area contributed by atoms with Crippen LogP contribution in [-0.4, -0.2) is 38.8 Å². The first kappa shape index (κ1) is 24.3. The predicted molar refractivity (Wildman–Crippen MR) is 146 cm³/mol. The van der Waals surface area contributed by atoms with Gasteiger partial charge in [0.1, 0.15) is 11.0 Å². The molecule has 0 atom stereocenters. The monoisotopic (exact) mass is 512 g/mol. The number of aromatic amines is 1. The molecule has 5 rings (SSSR count). The number of hydrogen-bond acceptors (Lipinski definition) is 6. The smallest absolute Gasteiger partial charge is 0.338 e. The number of ether oxygens (including phenoxy) is 1. The number of amides is 1. The normalized spacial score (nSPS) is 11.1. The van der Waals surface area contributed by atoms with Crippen LogP contribution in [0.15, 0.2) is 82.7 Å². The van der Waals surface area contributed by atoms with Crippen LogP contribution >= 0.6 is 11.8 Å². The predicted octanol–water partition coefficient (Wildman–Crippen LogP) is 5.08. The number of H-pyrrole nitrogens is 1. The van der Waals surface area contributed by atoms with E-state index in [2.05, 4.69) is 10.3 Å². The number of anilines is 1. The summed E-state index contributed by atoms with van der Waals surface area (Å²) in [6, 6.07) is 21.7. The lowest BCUT2D eigenvalue weighted by Crippen LogP contribution is -2.23. The molecule has 2 heterocycles. The summed E-state index contributed by atoms with van der Waals surface area (Å²) in [5, 5.41) is 4.09. The molecule has 2 N–H and O–H groups in total. The van der Waals surface area contributed by atoms with Crippen LogP contribution in [0, 0.1) is 6.92 Å². The summed E-state index contributed by atoms with van der Waals surface area (Å²) < 4.78 is 6.54. The number of nitrogens with one attached hydrogen (secondary N) is 2. The van der Waals surface area contributed by atoms with Gasteiger partial charge in [-0.15, -0.1) is 0 Å². The van der Waals surface area contributed by atoms with E-state index >= 15 is 0 Å². The molecular weight excluding hydrogens is 488 g/mol. The summed E-state index contributed by atoms with van der Waals surface area (Å²) in [4.78, 5) is 46.3. The van der Waals surface area contributed by atoms with E-state index in [-0.39, 0.29) is 17.2 Å². The van der Waals surface area contributed by atoms with Crippen molar-refractivity contribution in [2.45, 2.75) is 19.0 Å². The summed E-state index contributed by atoms with van der Waals surface area (Å²) in [6.45, 7) is 3.96. The first-order valence-electron chi connectivity index (χ1n) is 11.8. The highest BCUT2D eigenvalue weighted by Gasteiger charge is 2.19. The molecule has 2 aromatic heterocycles. The molecule has 9 heteroatoms. The Labute approximate surface area is 216 Å². The molecule has 37 heavy (non-hydrogen) atoms. The van der Waals surface area contributed by atoms with Gasteiger partial charge in [-0.05, 0) is 55.8 Å². The van der Waals surface area contributed by atoms with E-state index < -0.39 is 5.97 Å². The highest BCUT2D eigenvalue weighted by molar-refractivity contribution is 7.99. The lowest BCUT2D eigenvalue weighted by atomic mass is 10.2. The van der Waals surface area contributed by atoms with Crippen molar-refractivity contribution in [2.75, 3.05) is 17.7 Å². The number of aromatic nitrogens is 3. The number of hydrogen-bond donors (Lipinski definition) is 2. The molecule has 0 fully saturated rings. The number of thioether (sulfide) groups is 1. The van der Waals surface area contributed by atoms with E-state index in [0.29, 0.717) is 39.7 Å². The summed E-state index contributed by atoms with van der Waals surface area (Å²) >= 11 is 1.19. The number of carbonyl (C=O) groups is 2. The van der Waals surface area contributed by atoms with Gasteiger partial charge in [0.15, 0.2) is 5.16 Å². The number of aryl methyl sites for hydroxylation is 1. The molecule has 0 bridgehead atoms. The second kappa shape index (κ2) is 10.3. The van der Waals surface area contributed by atoms with Gasteiger partial charge in [-0.2, -0.15) is 0 Å². The van der Waals surface area contributed by atoms with Gasteiger partial charge >= 0.3 is 5.97 Å². The zero-order valence-electron chi connectivity index (χ0n) is 20.3. The van der Waals surface area contributed by atoms with Crippen LogP contribution in [0.1, 0.15) is 22.8 Å². The Morgan fingerprint density at radius 2 is 1.76 bits per heavy atom. The molecule has 0 radical (unpaired) electrons. The number of nitrogens with zero attached hydrogens (tertiary/aromatic N) is 2. The molecule has 0 spiro atoms. The third-order valence-corrected chi connectivity index (χ3v) is 6.80. The van der Waals surface area contributed by atoms with Crippen molar-refractivity contribution in [1.82, 2.24) is 14.5 Å². The summed E-state index contributed by atoms with van der Waals surface area (Å²) in [5.74, 6) is -0.645. The van der Waals surface area contributed by atoms with Crippen molar-refractivity contribution in [3.8, 4) is 5.69 Å². The van der Waals surface area contributed by atoms with E-state index in [1.165, 1.54) is 11.8 Å². The van der Waals surface area contributed by atoms with Gasteiger partial charge in [-0.25, -0.2) is 9.78 Å². The lowest BCUT2D eigenvalue weighted by molar-refractivity contribution is -0.113. The number of fused-ring (bicyclic) bond motifs is 3. The van der Waals surface area contributed by atoms with Crippen LogP contribution < -0.4 is 10.9 Å².